The van der Waals surface area contributed by atoms with Gasteiger partial charge in [0.1, 0.15) is 23.3 Å². The number of carboxylic acids is 1. The number of fused-ring (bicyclic) bond motifs is 1. The highest BCUT2D eigenvalue weighted by Crippen LogP contribution is 2.35. The Morgan fingerprint density at radius 1 is 1.15 bits per heavy atom. The molecule has 0 aliphatic carbocycles. The van der Waals surface area contributed by atoms with Crippen molar-refractivity contribution in [3.63, 3.8) is 0 Å². The highest BCUT2D eigenvalue weighted by atomic mass is 32.1. The monoisotopic (exact) mass is 544 g/mol. The van der Waals surface area contributed by atoms with Gasteiger partial charge >= 0.3 is 11.9 Å². The number of furan rings is 1. The molecule has 2 aromatic carbocycles. The number of allylic oxidation sites excluding steroid dienone is 1. The number of benzene rings is 2. The van der Waals surface area contributed by atoms with Crippen molar-refractivity contribution in [2.24, 2.45) is 4.99 Å². The Labute approximate surface area is 226 Å². The molecule has 9 nitrogen and oxygen atoms in total. The normalized spacial score (nSPS) is 15.1. The van der Waals surface area contributed by atoms with Crippen molar-refractivity contribution in [2.45, 2.75) is 19.9 Å². The first-order valence-corrected chi connectivity index (χ1v) is 12.9. The van der Waals surface area contributed by atoms with Crippen LogP contribution < -0.4 is 19.6 Å². The third kappa shape index (κ3) is 4.82. The maximum Gasteiger partial charge on any atom is 0.338 e. The number of para-hydroxylation sites is 1. The van der Waals surface area contributed by atoms with Crippen LogP contribution in [-0.2, 0) is 9.53 Å². The van der Waals surface area contributed by atoms with Crippen LogP contribution in [-0.4, -0.2) is 35.3 Å². The summed E-state index contributed by atoms with van der Waals surface area (Å²) in [6.45, 7) is 3.61. The number of esters is 1. The smallest absolute Gasteiger partial charge is 0.338 e. The fourth-order valence-electron chi connectivity index (χ4n) is 4.50. The molecule has 0 amide bonds. The van der Waals surface area contributed by atoms with Crippen LogP contribution in [0.3, 0.4) is 0 Å². The Morgan fingerprint density at radius 3 is 2.69 bits per heavy atom. The number of hydrogen-bond acceptors (Lipinski definition) is 8. The molecule has 0 bridgehead atoms. The fourth-order valence-corrected chi connectivity index (χ4v) is 5.53. The van der Waals surface area contributed by atoms with Gasteiger partial charge in [-0.25, -0.2) is 14.6 Å². The second kappa shape index (κ2) is 10.6. The van der Waals surface area contributed by atoms with Gasteiger partial charge in [0.25, 0.3) is 5.56 Å². The van der Waals surface area contributed by atoms with Crippen molar-refractivity contribution >= 4 is 29.4 Å². The zero-order valence-corrected chi connectivity index (χ0v) is 22.2. The number of ether oxygens (including phenoxy) is 2. The van der Waals surface area contributed by atoms with E-state index in [0.29, 0.717) is 43.4 Å². The Bertz CT molecular complexity index is 1810. The number of carbonyl (C=O) groups excluding carboxylic acids is 1. The van der Waals surface area contributed by atoms with E-state index in [9.17, 15) is 19.5 Å². The van der Waals surface area contributed by atoms with E-state index < -0.39 is 18.0 Å². The minimum atomic E-state index is -1.04. The van der Waals surface area contributed by atoms with Gasteiger partial charge in [-0.1, -0.05) is 41.7 Å². The zero-order valence-electron chi connectivity index (χ0n) is 21.3. The number of carbonyl (C=O) groups is 2. The van der Waals surface area contributed by atoms with E-state index in [1.165, 1.54) is 35.1 Å². The predicted octanol–water partition coefficient (Wildman–Crippen LogP) is 3.77. The van der Waals surface area contributed by atoms with Gasteiger partial charge in [-0.05, 0) is 44.2 Å². The topological polar surface area (TPSA) is 120 Å². The Hall–Kier alpha value is -4.70. The molecule has 0 saturated heterocycles. The highest BCUT2D eigenvalue weighted by molar-refractivity contribution is 7.07. The van der Waals surface area contributed by atoms with Crippen LogP contribution in [0.1, 0.15) is 41.6 Å². The van der Waals surface area contributed by atoms with Crippen molar-refractivity contribution in [2.75, 3.05) is 13.7 Å². The van der Waals surface area contributed by atoms with E-state index in [1.54, 1.807) is 50.3 Å². The van der Waals surface area contributed by atoms with E-state index in [0.717, 1.165) is 0 Å². The Kier molecular flexibility index (Phi) is 7.03. The first-order chi connectivity index (χ1) is 18.8. The van der Waals surface area contributed by atoms with Crippen molar-refractivity contribution in [3.05, 3.63) is 109 Å². The molecule has 0 unspecified atom stereocenters. The zero-order chi connectivity index (χ0) is 27.7. The lowest BCUT2D eigenvalue weighted by Gasteiger charge is -2.25. The summed E-state index contributed by atoms with van der Waals surface area (Å²) in [7, 11) is 1.53. The summed E-state index contributed by atoms with van der Waals surface area (Å²) < 4.78 is 18.7. The van der Waals surface area contributed by atoms with Crippen molar-refractivity contribution in [3.8, 4) is 17.1 Å². The highest BCUT2D eigenvalue weighted by Gasteiger charge is 2.35. The molecule has 1 atom stereocenters. The largest absolute Gasteiger partial charge is 0.496 e. The maximum atomic E-state index is 13.8. The molecule has 0 radical (unpaired) electrons. The number of carboxylic acid groups (broad SMARTS) is 1. The number of aromatic nitrogens is 1. The molecule has 5 rings (SSSR count). The molecular weight excluding hydrogens is 520 g/mol. The molecule has 39 heavy (non-hydrogen) atoms. The van der Waals surface area contributed by atoms with Gasteiger partial charge in [0.05, 0.1) is 35.1 Å². The van der Waals surface area contributed by atoms with Crippen LogP contribution in [0.4, 0.5) is 0 Å². The molecule has 2 aromatic heterocycles. The molecule has 3 heterocycles. The summed E-state index contributed by atoms with van der Waals surface area (Å²) in [4.78, 5) is 43.2. The maximum absolute atomic E-state index is 13.8. The number of nitrogens with zero attached hydrogens (tertiary/aromatic N) is 2. The summed E-state index contributed by atoms with van der Waals surface area (Å²) >= 11 is 1.17. The molecule has 1 aliphatic heterocycles. The number of rotatable bonds is 7. The van der Waals surface area contributed by atoms with Gasteiger partial charge in [-0.3, -0.25) is 9.36 Å². The minimum absolute atomic E-state index is 0.142. The van der Waals surface area contributed by atoms with Gasteiger partial charge in [0, 0.05) is 17.2 Å². The van der Waals surface area contributed by atoms with Crippen LogP contribution in [0, 0.1) is 0 Å². The van der Waals surface area contributed by atoms with Crippen molar-refractivity contribution in [1.29, 1.82) is 0 Å². The Balaban J connectivity index is 1.64. The minimum Gasteiger partial charge on any atom is -0.496 e. The number of thiazole rings is 1. The lowest BCUT2D eigenvalue weighted by atomic mass is 9.95. The average molecular weight is 545 g/mol. The average Bonchev–Trinajstić information content (AvgIpc) is 3.52. The van der Waals surface area contributed by atoms with Crippen LogP contribution >= 0.6 is 11.3 Å². The van der Waals surface area contributed by atoms with Gasteiger partial charge < -0.3 is 19.0 Å². The number of hydrogen-bond donors (Lipinski definition) is 1. The summed E-state index contributed by atoms with van der Waals surface area (Å²) in [5.41, 5.74) is 1.73. The second-order valence-corrected chi connectivity index (χ2v) is 9.64. The second-order valence-electron chi connectivity index (χ2n) is 8.63. The summed E-state index contributed by atoms with van der Waals surface area (Å²) in [6, 6.07) is 16.2. The molecule has 0 saturated carbocycles. The quantitative estimate of drug-likeness (QED) is 0.352. The molecule has 4 aromatic rings. The lowest BCUT2D eigenvalue weighted by Crippen LogP contribution is -2.40. The number of methoxy groups -OCH3 is 1. The van der Waals surface area contributed by atoms with E-state index in [-0.39, 0.29) is 23.3 Å². The summed E-state index contributed by atoms with van der Waals surface area (Å²) in [5, 5.41) is 9.28. The SMILES string of the molecule is CCOC(=O)C1=C(C)N=c2s/c(=C/c3ccc(-c4cccc(C(=O)O)c4)o3)c(=O)n2[C@H]1c1ccccc1OC. The summed E-state index contributed by atoms with van der Waals surface area (Å²) in [5.74, 6) is -0.196. The van der Waals surface area contributed by atoms with Crippen LogP contribution in [0.5, 0.6) is 5.75 Å². The van der Waals surface area contributed by atoms with Gasteiger partial charge in [0.15, 0.2) is 4.80 Å². The van der Waals surface area contributed by atoms with E-state index >= 15 is 0 Å². The summed E-state index contributed by atoms with van der Waals surface area (Å²) in [6.07, 6.45) is 1.61. The lowest BCUT2D eigenvalue weighted by molar-refractivity contribution is -0.139. The first-order valence-electron chi connectivity index (χ1n) is 12.1. The molecular formula is C29H24N2O7S. The van der Waals surface area contributed by atoms with Gasteiger partial charge in [-0.15, -0.1) is 0 Å². The molecule has 0 spiro atoms. The molecule has 10 heteroatoms. The van der Waals surface area contributed by atoms with Crippen LogP contribution in [0.15, 0.2) is 86.1 Å². The fraction of sp³-hybridized carbons (Fsp3) is 0.172. The first kappa shape index (κ1) is 25.9. The third-order valence-electron chi connectivity index (χ3n) is 6.24. The third-order valence-corrected chi connectivity index (χ3v) is 7.23. The van der Waals surface area contributed by atoms with Crippen LogP contribution in [0.25, 0.3) is 17.4 Å². The van der Waals surface area contributed by atoms with Gasteiger partial charge in [-0.2, -0.15) is 0 Å². The number of aromatic carboxylic acids is 1. The molecule has 1 N–H and O–H groups in total. The molecule has 198 valence electrons. The standard InChI is InChI=1S/C29H24N2O7S/c1-4-37-28(35)24-16(2)30-29-31(25(24)20-10-5-6-11-22(20)36-3)26(32)23(39-29)15-19-12-13-21(38-19)17-8-7-9-18(14-17)27(33)34/h5-15,25H,4H2,1-3H3,(H,33,34)/b23-15+/t25-/m0/s1. The van der Waals surface area contributed by atoms with E-state index in [1.807, 2.05) is 18.2 Å². The van der Waals surface area contributed by atoms with E-state index in [2.05, 4.69) is 4.99 Å². The Morgan fingerprint density at radius 2 is 1.95 bits per heavy atom. The van der Waals surface area contributed by atoms with Gasteiger partial charge in [0.2, 0.25) is 0 Å². The van der Waals surface area contributed by atoms with Crippen LogP contribution in [0.2, 0.25) is 0 Å². The van der Waals surface area contributed by atoms with Crippen molar-refractivity contribution < 1.29 is 28.6 Å². The molecule has 1 aliphatic rings. The van der Waals surface area contributed by atoms with Crippen molar-refractivity contribution in [1.82, 2.24) is 4.57 Å². The molecule has 0 fully saturated rings. The van der Waals surface area contributed by atoms with E-state index in [4.69, 9.17) is 13.9 Å². The predicted molar refractivity (Wildman–Crippen MR) is 144 cm³/mol.